The van der Waals surface area contributed by atoms with Gasteiger partial charge in [-0.2, -0.15) is 0 Å². The second kappa shape index (κ2) is 6.71. The maximum Gasteiger partial charge on any atom is 0.228 e. The standard InChI is InChI=1S/C16H26N2O/c1-13-6-5-7-14(12-13)8-11-18(4)15(19)16(2,3)9-10-17/h5-7,12H,8-11,17H2,1-4H3. The molecule has 3 nitrogen and oxygen atoms in total. The highest BCUT2D eigenvalue weighted by Gasteiger charge is 2.29. The molecule has 0 aromatic heterocycles. The van der Waals surface area contributed by atoms with Crippen LogP contribution in [0, 0.1) is 12.3 Å². The number of rotatable bonds is 6. The lowest BCUT2D eigenvalue weighted by Gasteiger charge is -2.29. The van der Waals surface area contributed by atoms with Crippen LogP contribution in [0.5, 0.6) is 0 Å². The van der Waals surface area contributed by atoms with Gasteiger partial charge in [0.1, 0.15) is 0 Å². The minimum atomic E-state index is -0.365. The van der Waals surface area contributed by atoms with Gasteiger partial charge in [-0.3, -0.25) is 4.79 Å². The van der Waals surface area contributed by atoms with E-state index in [1.165, 1.54) is 11.1 Å². The molecule has 0 heterocycles. The Morgan fingerprint density at radius 1 is 1.37 bits per heavy atom. The quantitative estimate of drug-likeness (QED) is 0.855. The molecule has 0 fully saturated rings. The van der Waals surface area contributed by atoms with E-state index in [0.717, 1.165) is 19.4 Å². The summed E-state index contributed by atoms with van der Waals surface area (Å²) in [5.74, 6) is 0.172. The van der Waals surface area contributed by atoms with Crippen LogP contribution in [0.15, 0.2) is 24.3 Å². The van der Waals surface area contributed by atoms with Crippen LogP contribution in [-0.2, 0) is 11.2 Å². The largest absolute Gasteiger partial charge is 0.345 e. The monoisotopic (exact) mass is 262 g/mol. The smallest absolute Gasteiger partial charge is 0.228 e. The number of carbonyl (C=O) groups is 1. The normalized spacial score (nSPS) is 11.4. The van der Waals surface area contributed by atoms with E-state index in [9.17, 15) is 4.79 Å². The van der Waals surface area contributed by atoms with Gasteiger partial charge in [0.2, 0.25) is 5.91 Å². The molecule has 0 spiro atoms. The first kappa shape index (κ1) is 15.7. The van der Waals surface area contributed by atoms with Crippen LogP contribution in [0.25, 0.3) is 0 Å². The first-order valence-electron chi connectivity index (χ1n) is 6.88. The van der Waals surface area contributed by atoms with Gasteiger partial charge in [-0.1, -0.05) is 43.7 Å². The second-order valence-electron chi connectivity index (χ2n) is 5.89. The van der Waals surface area contributed by atoms with Gasteiger partial charge in [-0.05, 0) is 31.9 Å². The van der Waals surface area contributed by atoms with Crippen LogP contribution < -0.4 is 5.73 Å². The summed E-state index contributed by atoms with van der Waals surface area (Å²) < 4.78 is 0. The van der Waals surface area contributed by atoms with E-state index in [2.05, 4.69) is 31.2 Å². The van der Waals surface area contributed by atoms with Gasteiger partial charge in [-0.15, -0.1) is 0 Å². The van der Waals surface area contributed by atoms with Crippen LogP contribution in [0.4, 0.5) is 0 Å². The molecule has 0 unspecified atom stereocenters. The summed E-state index contributed by atoms with van der Waals surface area (Å²) in [6.07, 6.45) is 1.61. The molecule has 0 aliphatic carbocycles. The number of hydrogen-bond acceptors (Lipinski definition) is 2. The Labute approximate surface area is 116 Å². The molecule has 0 atom stereocenters. The van der Waals surface area contributed by atoms with Gasteiger partial charge in [0.25, 0.3) is 0 Å². The SMILES string of the molecule is Cc1cccc(CCN(C)C(=O)C(C)(C)CCN)c1. The number of hydrogen-bond donors (Lipinski definition) is 1. The van der Waals surface area contributed by atoms with Crippen LogP contribution in [0.2, 0.25) is 0 Å². The van der Waals surface area contributed by atoms with Crippen molar-refractivity contribution < 1.29 is 4.79 Å². The van der Waals surface area contributed by atoms with Gasteiger partial charge < -0.3 is 10.6 Å². The third-order valence-electron chi connectivity index (χ3n) is 3.51. The van der Waals surface area contributed by atoms with Gasteiger partial charge in [0.05, 0.1) is 0 Å². The number of benzene rings is 1. The second-order valence-corrected chi connectivity index (χ2v) is 5.89. The lowest BCUT2D eigenvalue weighted by Crippen LogP contribution is -2.40. The Morgan fingerprint density at radius 3 is 2.63 bits per heavy atom. The van der Waals surface area contributed by atoms with Crippen molar-refractivity contribution in [3.63, 3.8) is 0 Å². The first-order valence-corrected chi connectivity index (χ1v) is 6.88. The number of aryl methyl sites for hydroxylation is 1. The molecule has 19 heavy (non-hydrogen) atoms. The molecule has 0 saturated carbocycles. The minimum Gasteiger partial charge on any atom is -0.345 e. The molecule has 0 saturated heterocycles. The van der Waals surface area contributed by atoms with Crippen LogP contribution in [-0.4, -0.2) is 30.9 Å². The molecule has 106 valence electrons. The fourth-order valence-electron chi connectivity index (χ4n) is 2.25. The zero-order valence-corrected chi connectivity index (χ0v) is 12.6. The Bertz CT molecular complexity index is 427. The third kappa shape index (κ3) is 4.67. The zero-order valence-electron chi connectivity index (χ0n) is 12.6. The molecule has 3 heteroatoms. The van der Waals surface area contributed by atoms with E-state index >= 15 is 0 Å². The highest BCUT2D eigenvalue weighted by molar-refractivity contribution is 5.81. The molecular weight excluding hydrogens is 236 g/mol. The summed E-state index contributed by atoms with van der Waals surface area (Å²) >= 11 is 0. The van der Waals surface area contributed by atoms with E-state index in [0.29, 0.717) is 6.54 Å². The van der Waals surface area contributed by atoms with Crippen molar-refractivity contribution in [2.75, 3.05) is 20.1 Å². The van der Waals surface area contributed by atoms with E-state index < -0.39 is 0 Å². The molecule has 0 radical (unpaired) electrons. The Morgan fingerprint density at radius 2 is 2.05 bits per heavy atom. The van der Waals surface area contributed by atoms with Crippen molar-refractivity contribution in [2.45, 2.75) is 33.6 Å². The summed E-state index contributed by atoms with van der Waals surface area (Å²) in [6.45, 7) is 7.31. The van der Waals surface area contributed by atoms with Crippen molar-refractivity contribution >= 4 is 5.91 Å². The maximum atomic E-state index is 12.3. The average Bonchev–Trinajstić information content (AvgIpc) is 2.35. The van der Waals surface area contributed by atoms with E-state index in [1.54, 1.807) is 0 Å². The highest BCUT2D eigenvalue weighted by Crippen LogP contribution is 2.22. The van der Waals surface area contributed by atoms with Crippen LogP contribution >= 0.6 is 0 Å². The molecule has 0 bridgehead atoms. The molecule has 2 N–H and O–H groups in total. The van der Waals surface area contributed by atoms with Crippen molar-refractivity contribution in [3.05, 3.63) is 35.4 Å². The van der Waals surface area contributed by atoms with Crippen molar-refractivity contribution in [1.29, 1.82) is 0 Å². The predicted octanol–water partition coefficient (Wildman–Crippen LogP) is 2.37. The number of nitrogens with two attached hydrogens (primary N) is 1. The summed E-state index contributed by atoms with van der Waals surface area (Å²) in [4.78, 5) is 14.1. The van der Waals surface area contributed by atoms with Crippen molar-refractivity contribution in [1.82, 2.24) is 4.90 Å². The summed E-state index contributed by atoms with van der Waals surface area (Å²) in [5.41, 5.74) is 7.73. The van der Waals surface area contributed by atoms with E-state index in [-0.39, 0.29) is 11.3 Å². The minimum absolute atomic E-state index is 0.172. The summed E-state index contributed by atoms with van der Waals surface area (Å²) in [6, 6.07) is 8.42. The Kier molecular flexibility index (Phi) is 5.55. The maximum absolute atomic E-state index is 12.3. The first-order chi connectivity index (χ1) is 8.86. The van der Waals surface area contributed by atoms with Crippen molar-refractivity contribution in [2.24, 2.45) is 11.1 Å². The molecule has 1 rings (SSSR count). The number of amides is 1. The Balaban J connectivity index is 2.55. The summed E-state index contributed by atoms with van der Waals surface area (Å²) in [5, 5.41) is 0. The Hall–Kier alpha value is -1.35. The number of nitrogens with zero attached hydrogens (tertiary/aromatic N) is 1. The van der Waals surface area contributed by atoms with Crippen LogP contribution in [0.3, 0.4) is 0 Å². The topological polar surface area (TPSA) is 46.3 Å². The lowest BCUT2D eigenvalue weighted by atomic mass is 9.87. The van der Waals surface area contributed by atoms with E-state index in [1.807, 2.05) is 25.8 Å². The number of likely N-dealkylation sites (N-methyl/N-ethyl adjacent to an activating group) is 1. The lowest BCUT2D eigenvalue weighted by molar-refractivity contribution is -0.139. The fraction of sp³-hybridized carbons (Fsp3) is 0.562. The summed E-state index contributed by atoms with van der Waals surface area (Å²) in [7, 11) is 1.87. The molecule has 1 aromatic carbocycles. The molecule has 0 aliphatic rings. The predicted molar refractivity (Wildman–Crippen MR) is 80.0 cm³/mol. The molecule has 1 aromatic rings. The van der Waals surface area contributed by atoms with Crippen LogP contribution in [0.1, 0.15) is 31.4 Å². The van der Waals surface area contributed by atoms with Gasteiger partial charge in [0.15, 0.2) is 0 Å². The van der Waals surface area contributed by atoms with Gasteiger partial charge in [-0.25, -0.2) is 0 Å². The third-order valence-corrected chi connectivity index (χ3v) is 3.51. The number of carbonyl (C=O) groups excluding carboxylic acids is 1. The molecule has 1 amide bonds. The molecule has 0 aliphatic heterocycles. The zero-order chi connectivity index (χ0) is 14.5. The molecular formula is C16H26N2O. The average molecular weight is 262 g/mol. The highest BCUT2D eigenvalue weighted by atomic mass is 16.2. The van der Waals surface area contributed by atoms with Gasteiger partial charge >= 0.3 is 0 Å². The van der Waals surface area contributed by atoms with Gasteiger partial charge in [0, 0.05) is 19.0 Å². The van der Waals surface area contributed by atoms with Crippen molar-refractivity contribution in [3.8, 4) is 0 Å². The fourth-order valence-corrected chi connectivity index (χ4v) is 2.25. The van der Waals surface area contributed by atoms with E-state index in [4.69, 9.17) is 5.73 Å².